The molecule has 29 heavy (non-hydrogen) atoms. The van der Waals surface area contributed by atoms with Crippen molar-refractivity contribution in [2.24, 2.45) is 5.92 Å². The molecule has 0 saturated carbocycles. The van der Waals surface area contributed by atoms with E-state index in [0.29, 0.717) is 29.5 Å². The van der Waals surface area contributed by atoms with Gasteiger partial charge in [-0.3, -0.25) is 14.7 Å². The molecule has 152 valence electrons. The van der Waals surface area contributed by atoms with Gasteiger partial charge in [-0.1, -0.05) is 13.0 Å². The fourth-order valence-corrected chi connectivity index (χ4v) is 4.17. The quantitative estimate of drug-likeness (QED) is 0.715. The van der Waals surface area contributed by atoms with E-state index in [4.69, 9.17) is 4.42 Å². The van der Waals surface area contributed by atoms with E-state index in [1.54, 1.807) is 29.3 Å². The molecule has 1 N–H and O–H groups in total. The fraction of sp³-hybridized carbons (Fsp3) is 0.391. The summed E-state index contributed by atoms with van der Waals surface area (Å²) in [6, 6.07) is 8.86. The molecule has 4 rings (SSSR count). The van der Waals surface area contributed by atoms with Gasteiger partial charge >= 0.3 is 0 Å². The topological polar surface area (TPSA) is 71.5 Å². The van der Waals surface area contributed by atoms with Crippen LogP contribution in [0.15, 0.2) is 58.2 Å². The highest BCUT2D eigenvalue weighted by molar-refractivity contribution is 5.40. The monoisotopic (exact) mass is 393 g/mol. The van der Waals surface area contributed by atoms with Crippen molar-refractivity contribution in [2.45, 2.75) is 39.3 Å². The molecule has 0 bridgehead atoms. The molecule has 3 aromatic heterocycles. The Bertz CT molecular complexity index is 1000. The average Bonchev–Trinajstić information content (AvgIpc) is 3.23. The van der Waals surface area contributed by atoms with Crippen LogP contribution in [-0.4, -0.2) is 32.6 Å². The summed E-state index contributed by atoms with van der Waals surface area (Å²) in [5.74, 6) is 1.41. The Hall–Kier alpha value is -2.86. The van der Waals surface area contributed by atoms with Crippen LogP contribution in [0.25, 0.3) is 0 Å². The normalized spacial score (nSPS) is 16.8. The average molecular weight is 393 g/mol. The summed E-state index contributed by atoms with van der Waals surface area (Å²) in [6.07, 6.45) is 7.26. The third kappa shape index (κ3) is 3.98. The highest BCUT2D eigenvalue weighted by Gasteiger charge is 2.31. The van der Waals surface area contributed by atoms with Crippen LogP contribution in [-0.2, 0) is 6.54 Å². The van der Waals surface area contributed by atoms with E-state index in [-0.39, 0.29) is 17.4 Å². The molecule has 1 fully saturated rings. The van der Waals surface area contributed by atoms with Crippen LogP contribution in [0, 0.1) is 12.8 Å². The zero-order chi connectivity index (χ0) is 20.4. The molecule has 0 aromatic carbocycles. The number of rotatable bonds is 5. The maximum atomic E-state index is 13.6. The number of nitrogens with zero attached hydrogens (tertiary/aromatic N) is 3. The van der Waals surface area contributed by atoms with Gasteiger partial charge in [-0.25, -0.2) is 0 Å². The molecule has 1 unspecified atom stereocenters. The Labute approximate surface area is 170 Å². The molecule has 6 nitrogen and oxygen atoms in total. The summed E-state index contributed by atoms with van der Waals surface area (Å²) < 4.78 is 7.12. The molecule has 1 atom stereocenters. The van der Waals surface area contributed by atoms with E-state index >= 15 is 0 Å². The Kier molecular flexibility index (Phi) is 5.53. The second-order valence-electron chi connectivity index (χ2n) is 7.96. The van der Waals surface area contributed by atoms with E-state index < -0.39 is 0 Å². The zero-order valence-electron chi connectivity index (χ0n) is 16.9. The third-order valence-corrected chi connectivity index (χ3v) is 5.87. The molecule has 0 amide bonds. The number of aromatic hydroxyl groups is 1. The van der Waals surface area contributed by atoms with Crippen LogP contribution in [0.5, 0.6) is 5.75 Å². The van der Waals surface area contributed by atoms with Crippen molar-refractivity contribution in [3.05, 3.63) is 81.9 Å². The van der Waals surface area contributed by atoms with E-state index in [9.17, 15) is 9.90 Å². The predicted octanol–water partition coefficient (Wildman–Crippen LogP) is 3.72. The number of hydrogen-bond donors (Lipinski definition) is 1. The number of aromatic nitrogens is 2. The highest BCUT2D eigenvalue weighted by atomic mass is 16.3. The smallest absolute Gasteiger partial charge is 0.260 e. The minimum Gasteiger partial charge on any atom is -0.507 e. The minimum absolute atomic E-state index is 0.0377. The lowest BCUT2D eigenvalue weighted by Crippen LogP contribution is -2.40. The standard InChI is InChI=1S/C23H27N3O3/c1-16-7-10-25(11-8-16)22(18-5-3-9-24-14-18)21-20(27)13-17(2)26(23(21)28)15-19-6-4-12-29-19/h3-6,9,12-14,16,22,27H,7-8,10-11,15H2,1-2H3. The first-order valence-corrected chi connectivity index (χ1v) is 10.1. The van der Waals surface area contributed by atoms with Crippen LogP contribution in [0.1, 0.15) is 48.4 Å². The Morgan fingerprint density at radius 1 is 1.28 bits per heavy atom. The van der Waals surface area contributed by atoms with Crippen molar-refractivity contribution in [3.63, 3.8) is 0 Å². The zero-order valence-corrected chi connectivity index (χ0v) is 16.9. The summed E-state index contributed by atoms with van der Waals surface area (Å²) in [7, 11) is 0. The van der Waals surface area contributed by atoms with Crippen LogP contribution < -0.4 is 5.56 Å². The van der Waals surface area contributed by atoms with Gasteiger partial charge in [0.05, 0.1) is 24.4 Å². The van der Waals surface area contributed by atoms with Crippen LogP contribution >= 0.6 is 0 Å². The van der Waals surface area contributed by atoms with Crippen molar-refractivity contribution in [1.82, 2.24) is 14.5 Å². The lowest BCUT2D eigenvalue weighted by molar-refractivity contribution is 0.154. The number of pyridine rings is 2. The Balaban J connectivity index is 1.82. The summed E-state index contributed by atoms with van der Waals surface area (Å²) in [5.41, 5.74) is 1.84. The van der Waals surface area contributed by atoms with Gasteiger partial charge in [-0.05, 0) is 68.6 Å². The van der Waals surface area contributed by atoms with E-state index in [1.807, 2.05) is 31.2 Å². The molecular formula is C23H27N3O3. The Morgan fingerprint density at radius 2 is 2.07 bits per heavy atom. The minimum atomic E-state index is -0.327. The molecule has 0 spiro atoms. The van der Waals surface area contributed by atoms with Crippen LogP contribution in [0.2, 0.25) is 0 Å². The van der Waals surface area contributed by atoms with Crippen molar-refractivity contribution in [3.8, 4) is 5.75 Å². The maximum Gasteiger partial charge on any atom is 0.260 e. The molecule has 0 radical (unpaired) electrons. The van der Waals surface area contributed by atoms with Gasteiger partial charge in [0.2, 0.25) is 0 Å². The predicted molar refractivity (Wildman–Crippen MR) is 111 cm³/mol. The molecule has 1 aliphatic heterocycles. The molecule has 0 aliphatic carbocycles. The summed E-state index contributed by atoms with van der Waals surface area (Å²) in [6.45, 7) is 6.19. The molecule has 3 aromatic rings. The summed E-state index contributed by atoms with van der Waals surface area (Å²) in [5, 5.41) is 10.9. The van der Waals surface area contributed by atoms with Crippen LogP contribution in [0.4, 0.5) is 0 Å². The Morgan fingerprint density at radius 3 is 2.72 bits per heavy atom. The first-order valence-electron chi connectivity index (χ1n) is 10.1. The van der Waals surface area contributed by atoms with Gasteiger partial charge in [-0.15, -0.1) is 0 Å². The molecule has 1 aliphatic rings. The molecule has 4 heterocycles. The van der Waals surface area contributed by atoms with Crippen molar-refractivity contribution in [1.29, 1.82) is 0 Å². The summed E-state index contributed by atoms with van der Waals surface area (Å²) in [4.78, 5) is 20.1. The lowest BCUT2D eigenvalue weighted by Gasteiger charge is -2.37. The largest absolute Gasteiger partial charge is 0.507 e. The second-order valence-corrected chi connectivity index (χ2v) is 7.96. The third-order valence-electron chi connectivity index (χ3n) is 5.87. The van der Waals surface area contributed by atoms with Gasteiger partial charge in [0, 0.05) is 18.1 Å². The van der Waals surface area contributed by atoms with E-state index in [0.717, 1.165) is 31.5 Å². The summed E-state index contributed by atoms with van der Waals surface area (Å²) >= 11 is 0. The molecular weight excluding hydrogens is 366 g/mol. The van der Waals surface area contributed by atoms with Gasteiger partial charge in [0.15, 0.2) is 0 Å². The highest BCUT2D eigenvalue weighted by Crippen LogP contribution is 2.34. The van der Waals surface area contributed by atoms with Gasteiger partial charge in [0.1, 0.15) is 11.5 Å². The molecule has 6 heteroatoms. The SMILES string of the molecule is Cc1cc(O)c(C(c2cccnc2)N2CCC(C)CC2)c(=O)n1Cc1ccco1. The van der Waals surface area contributed by atoms with E-state index in [1.165, 1.54) is 0 Å². The number of piperidine rings is 1. The van der Waals surface area contributed by atoms with Gasteiger partial charge < -0.3 is 14.1 Å². The fourth-order valence-electron chi connectivity index (χ4n) is 4.17. The number of aryl methyl sites for hydroxylation is 1. The van der Waals surface area contributed by atoms with Crippen molar-refractivity contribution in [2.75, 3.05) is 13.1 Å². The van der Waals surface area contributed by atoms with Crippen molar-refractivity contribution < 1.29 is 9.52 Å². The van der Waals surface area contributed by atoms with E-state index in [2.05, 4.69) is 16.8 Å². The number of hydrogen-bond acceptors (Lipinski definition) is 5. The molecule has 1 saturated heterocycles. The van der Waals surface area contributed by atoms with Crippen molar-refractivity contribution >= 4 is 0 Å². The number of furan rings is 1. The second kappa shape index (κ2) is 8.25. The van der Waals surface area contributed by atoms with Gasteiger partial charge in [-0.2, -0.15) is 0 Å². The number of likely N-dealkylation sites (tertiary alicyclic amines) is 1. The lowest BCUT2D eigenvalue weighted by atomic mass is 9.92. The first kappa shape index (κ1) is 19.5. The first-order chi connectivity index (χ1) is 14.0. The van der Waals surface area contributed by atoms with Gasteiger partial charge in [0.25, 0.3) is 5.56 Å². The maximum absolute atomic E-state index is 13.6. The van der Waals surface area contributed by atoms with Crippen LogP contribution in [0.3, 0.4) is 0 Å².